The Morgan fingerprint density at radius 2 is 2.00 bits per heavy atom. The molecule has 0 aromatic heterocycles. The monoisotopic (exact) mass is 235 g/mol. The molecule has 0 saturated heterocycles. The minimum absolute atomic E-state index is 0.438. The quantitative estimate of drug-likeness (QED) is 0.590. The Hall–Kier alpha value is -0.730. The van der Waals surface area contributed by atoms with Crippen LogP contribution in [0.4, 0.5) is 0 Å². The molecule has 0 radical (unpaired) electrons. The first-order valence-electron chi connectivity index (χ1n) is 5.63. The van der Waals surface area contributed by atoms with Crippen LogP contribution in [0.2, 0.25) is 0 Å². The molecule has 1 nitrogen and oxygen atoms in total. The van der Waals surface area contributed by atoms with Gasteiger partial charge >= 0.3 is 0 Å². The molecular formula is C14H21NS. The zero-order valence-corrected chi connectivity index (χ0v) is 11.2. The van der Waals surface area contributed by atoms with Gasteiger partial charge in [0.15, 0.2) is 0 Å². The van der Waals surface area contributed by atoms with Crippen LogP contribution >= 0.6 is 11.8 Å². The van der Waals surface area contributed by atoms with E-state index in [1.165, 1.54) is 16.0 Å². The Morgan fingerprint density at radius 1 is 1.38 bits per heavy atom. The fraction of sp³-hybridized carbons (Fsp3) is 0.429. The van der Waals surface area contributed by atoms with Gasteiger partial charge in [0, 0.05) is 10.9 Å². The summed E-state index contributed by atoms with van der Waals surface area (Å²) in [6.45, 7) is 6.04. The number of allylic oxidation sites excluding steroid dienone is 1. The Bertz CT molecular complexity index is 329. The number of hydrogen-bond acceptors (Lipinski definition) is 2. The second kappa shape index (κ2) is 6.77. The molecular weight excluding hydrogens is 214 g/mol. The Kier molecular flexibility index (Phi) is 5.64. The van der Waals surface area contributed by atoms with Crippen molar-refractivity contribution in [2.45, 2.75) is 30.7 Å². The van der Waals surface area contributed by atoms with Crippen molar-refractivity contribution in [2.75, 3.05) is 13.3 Å². The van der Waals surface area contributed by atoms with Gasteiger partial charge in [-0.3, -0.25) is 0 Å². The van der Waals surface area contributed by atoms with Crippen LogP contribution in [0, 0.1) is 0 Å². The summed E-state index contributed by atoms with van der Waals surface area (Å²) in [4.78, 5) is 1.32. The van der Waals surface area contributed by atoms with Crippen molar-refractivity contribution in [3.8, 4) is 0 Å². The minimum atomic E-state index is 0.438. The van der Waals surface area contributed by atoms with Crippen LogP contribution in [0.5, 0.6) is 0 Å². The maximum absolute atomic E-state index is 3.95. The maximum atomic E-state index is 3.95. The largest absolute Gasteiger partial charge is 0.313 e. The number of thioether (sulfide) groups is 1. The summed E-state index contributed by atoms with van der Waals surface area (Å²) in [7, 11) is 2.02. The molecule has 0 bridgehead atoms. The number of rotatable bonds is 6. The molecule has 88 valence electrons. The third-order valence-electron chi connectivity index (χ3n) is 2.73. The highest BCUT2D eigenvalue weighted by Gasteiger charge is 2.08. The molecule has 2 heteroatoms. The summed E-state index contributed by atoms with van der Waals surface area (Å²) in [6.07, 6.45) is 4.30. The highest BCUT2D eigenvalue weighted by molar-refractivity contribution is 7.98. The van der Waals surface area contributed by atoms with Crippen LogP contribution in [-0.4, -0.2) is 13.3 Å². The summed E-state index contributed by atoms with van der Waals surface area (Å²) in [5.74, 6) is 0. The zero-order valence-electron chi connectivity index (χ0n) is 10.4. The second-order valence-electron chi connectivity index (χ2n) is 4.11. The Morgan fingerprint density at radius 3 is 2.44 bits per heavy atom. The lowest BCUT2D eigenvalue weighted by molar-refractivity contribution is 0.548. The molecule has 1 rings (SSSR count). The highest BCUT2D eigenvalue weighted by atomic mass is 32.2. The van der Waals surface area contributed by atoms with E-state index in [-0.39, 0.29) is 0 Å². The molecule has 1 atom stereocenters. The summed E-state index contributed by atoms with van der Waals surface area (Å²) >= 11 is 1.78. The molecule has 0 aliphatic rings. The fourth-order valence-electron chi connectivity index (χ4n) is 1.70. The molecule has 0 amide bonds. The normalized spacial score (nSPS) is 12.4. The SMILES string of the molecule is C=C(C)CCC(NC)c1ccc(SC)cc1. The molecule has 1 aromatic rings. The van der Waals surface area contributed by atoms with Gasteiger partial charge in [-0.15, -0.1) is 18.3 Å². The predicted octanol–water partition coefficient (Wildman–Crippen LogP) is 4.03. The van der Waals surface area contributed by atoms with Gasteiger partial charge in [0.05, 0.1) is 0 Å². The highest BCUT2D eigenvalue weighted by Crippen LogP contribution is 2.22. The van der Waals surface area contributed by atoms with E-state index < -0.39 is 0 Å². The number of hydrogen-bond donors (Lipinski definition) is 1. The lowest BCUT2D eigenvalue weighted by Gasteiger charge is -2.16. The van der Waals surface area contributed by atoms with Crippen LogP contribution in [-0.2, 0) is 0 Å². The van der Waals surface area contributed by atoms with Gasteiger partial charge in [-0.2, -0.15) is 0 Å². The van der Waals surface area contributed by atoms with Gasteiger partial charge < -0.3 is 5.32 Å². The standard InChI is InChI=1S/C14H21NS/c1-11(2)5-10-14(15-3)12-6-8-13(16-4)9-7-12/h6-9,14-15H,1,5,10H2,2-4H3. The van der Waals surface area contributed by atoms with E-state index in [2.05, 4.69) is 49.3 Å². The Labute approximate surface area is 103 Å². The molecule has 0 fully saturated rings. The van der Waals surface area contributed by atoms with E-state index in [0.29, 0.717) is 6.04 Å². The van der Waals surface area contributed by atoms with Gasteiger partial charge in [-0.1, -0.05) is 17.7 Å². The van der Waals surface area contributed by atoms with Crippen molar-refractivity contribution in [1.29, 1.82) is 0 Å². The molecule has 16 heavy (non-hydrogen) atoms. The van der Waals surface area contributed by atoms with E-state index in [9.17, 15) is 0 Å². The molecule has 0 spiro atoms. The fourth-order valence-corrected chi connectivity index (χ4v) is 2.11. The average Bonchev–Trinajstić information content (AvgIpc) is 2.30. The lowest BCUT2D eigenvalue weighted by atomic mass is 10.0. The van der Waals surface area contributed by atoms with E-state index in [0.717, 1.165) is 12.8 Å². The molecule has 0 saturated carbocycles. The summed E-state index contributed by atoms with van der Waals surface area (Å²) < 4.78 is 0. The van der Waals surface area contributed by atoms with Crippen LogP contribution in [0.15, 0.2) is 41.3 Å². The van der Waals surface area contributed by atoms with Gasteiger partial charge in [-0.25, -0.2) is 0 Å². The van der Waals surface area contributed by atoms with Gasteiger partial charge in [0.25, 0.3) is 0 Å². The van der Waals surface area contributed by atoms with E-state index in [4.69, 9.17) is 0 Å². The third kappa shape index (κ3) is 4.03. The van der Waals surface area contributed by atoms with Crippen molar-refractivity contribution in [3.05, 3.63) is 42.0 Å². The minimum Gasteiger partial charge on any atom is -0.313 e. The first-order chi connectivity index (χ1) is 7.67. The summed E-state index contributed by atoms with van der Waals surface area (Å²) in [6, 6.07) is 9.24. The van der Waals surface area contributed by atoms with Crippen LogP contribution < -0.4 is 5.32 Å². The smallest absolute Gasteiger partial charge is 0.0320 e. The molecule has 1 unspecified atom stereocenters. The van der Waals surface area contributed by atoms with E-state index in [1.807, 2.05) is 7.05 Å². The lowest BCUT2D eigenvalue weighted by Crippen LogP contribution is -2.16. The van der Waals surface area contributed by atoms with Crippen LogP contribution in [0.3, 0.4) is 0 Å². The molecule has 0 heterocycles. The van der Waals surface area contributed by atoms with Crippen molar-refractivity contribution in [3.63, 3.8) is 0 Å². The first kappa shape index (κ1) is 13.3. The van der Waals surface area contributed by atoms with Gasteiger partial charge in [-0.05, 0) is 50.8 Å². The number of benzene rings is 1. The Balaban J connectivity index is 2.66. The molecule has 1 aromatic carbocycles. The van der Waals surface area contributed by atoms with Gasteiger partial charge in [0.1, 0.15) is 0 Å². The van der Waals surface area contributed by atoms with Gasteiger partial charge in [0.2, 0.25) is 0 Å². The first-order valence-corrected chi connectivity index (χ1v) is 6.85. The van der Waals surface area contributed by atoms with Crippen LogP contribution in [0.25, 0.3) is 0 Å². The topological polar surface area (TPSA) is 12.0 Å². The zero-order chi connectivity index (χ0) is 12.0. The molecule has 1 N–H and O–H groups in total. The summed E-state index contributed by atoms with van der Waals surface area (Å²) in [5.41, 5.74) is 2.61. The van der Waals surface area contributed by atoms with E-state index in [1.54, 1.807) is 11.8 Å². The molecule has 0 aliphatic carbocycles. The van der Waals surface area contributed by atoms with Crippen molar-refractivity contribution < 1.29 is 0 Å². The van der Waals surface area contributed by atoms with Crippen molar-refractivity contribution in [2.24, 2.45) is 0 Å². The predicted molar refractivity (Wildman–Crippen MR) is 74.1 cm³/mol. The summed E-state index contributed by atoms with van der Waals surface area (Å²) in [5, 5.41) is 3.36. The average molecular weight is 235 g/mol. The third-order valence-corrected chi connectivity index (χ3v) is 3.47. The van der Waals surface area contributed by atoms with E-state index >= 15 is 0 Å². The maximum Gasteiger partial charge on any atom is 0.0320 e. The number of nitrogens with one attached hydrogen (secondary N) is 1. The molecule has 0 aliphatic heterocycles. The van der Waals surface area contributed by atoms with Crippen molar-refractivity contribution in [1.82, 2.24) is 5.32 Å². The van der Waals surface area contributed by atoms with Crippen LogP contribution in [0.1, 0.15) is 31.4 Å². The second-order valence-corrected chi connectivity index (χ2v) is 4.99. The van der Waals surface area contributed by atoms with Crippen molar-refractivity contribution >= 4 is 11.8 Å².